The summed E-state index contributed by atoms with van der Waals surface area (Å²) in [4.78, 5) is 20.0. The van der Waals surface area contributed by atoms with Crippen molar-refractivity contribution in [1.82, 2.24) is 4.98 Å². The van der Waals surface area contributed by atoms with Crippen molar-refractivity contribution in [3.63, 3.8) is 0 Å². The van der Waals surface area contributed by atoms with Gasteiger partial charge in [-0.3, -0.25) is 9.78 Å². The van der Waals surface area contributed by atoms with Gasteiger partial charge in [-0.05, 0) is 91.9 Å². The number of rotatable bonds is 6. The molecule has 1 aromatic heterocycles. The molecular weight excluding hydrogens is 594 g/mol. The number of ketones is 1. The number of nitrogens with zero attached hydrogens (tertiary/aromatic N) is 1. The highest BCUT2D eigenvalue weighted by Crippen LogP contribution is 2.58. The van der Waals surface area contributed by atoms with Crippen LogP contribution >= 0.6 is 0 Å². The van der Waals surface area contributed by atoms with Gasteiger partial charge in [-0.2, -0.15) is 13.2 Å². The van der Waals surface area contributed by atoms with Crippen LogP contribution in [0.4, 0.5) is 17.6 Å². The Morgan fingerprint density at radius 3 is 2.09 bits per heavy atom. The first-order valence-electron chi connectivity index (χ1n) is 16.3. The Hall–Kier alpha value is -2.84. The molecule has 6 rings (SSSR count). The zero-order valence-electron chi connectivity index (χ0n) is 26.9. The van der Waals surface area contributed by atoms with Crippen molar-refractivity contribution in [2.45, 2.75) is 115 Å². The van der Waals surface area contributed by atoms with Crippen LogP contribution < -0.4 is 0 Å². The molecule has 0 bridgehead atoms. The molecule has 1 spiro atoms. The second kappa shape index (κ2) is 11.4. The van der Waals surface area contributed by atoms with E-state index in [1.807, 2.05) is 0 Å². The van der Waals surface area contributed by atoms with Gasteiger partial charge in [0.2, 0.25) is 0 Å². The molecule has 0 aliphatic heterocycles. The van der Waals surface area contributed by atoms with Crippen molar-refractivity contribution >= 4 is 14.1 Å². The lowest BCUT2D eigenvalue weighted by molar-refractivity contribution is -0.137. The average molecular weight is 638 g/mol. The predicted octanol–water partition coefficient (Wildman–Crippen LogP) is 11.0. The fraction of sp³-hybridized carbons (Fsp3) is 0.514. The van der Waals surface area contributed by atoms with Crippen LogP contribution in [-0.2, 0) is 17.0 Å². The number of hydrogen-bond acceptors (Lipinski definition) is 3. The average Bonchev–Trinajstić information content (AvgIpc) is 3.49. The van der Waals surface area contributed by atoms with Gasteiger partial charge < -0.3 is 4.43 Å². The molecule has 2 fully saturated rings. The summed E-state index contributed by atoms with van der Waals surface area (Å²) < 4.78 is 61.9. The third-order valence-corrected chi connectivity index (χ3v) is 15.5. The summed E-state index contributed by atoms with van der Waals surface area (Å²) in [5, 5.41) is -0.0521. The molecule has 240 valence electrons. The van der Waals surface area contributed by atoms with Gasteiger partial charge in [0.05, 0.1) is 22.9 Å². The summed E-state index contributed by atoms with van der Waals surface area (Å²) >= 11 is 0. The van der Waals surface area contributed by atoms with Crippen LogP contribution in [0, 0.1) is 11.2 Å². The van der Waals surface area contributed by atoms with E-state index in [1.165, 1.54) is 30.7 Å². The lowest BCUT2D eigenvalue weighted by Crippen LogP contribution is -2.46. The number of halogens is 4. The van der Waals surface area contributed by atoms with E-state index in [0.29, 0.717) is 16.7 Å². The quantitative estimate of drug-likeness (QED) is 0.153. The number of alkyl halides is 3. The fourth-order valence-electron chi connectivity index (χ4n) is 7.36. The maximum absolute atomic E-state index is 14.7. The normalized spacial score (nSPS) is 20.2. The number of fused-ring (bicyclic) bond motifs is 1. The zero-order chi connectivity index (χ0) is 32.4. The number of carbonyl (C=O) groups is 1. The van der Waals surface area contributed by atoms with Crippen LogP contribution in [-0.4, -0.2) is 19.1 Å². The molecule has 0 radical (unpaired) electrons. The zero-order valence-corrected chi connectivity index (χ0v) is 27.9. The van der Waals surface area contributed by atoms with E-state index in [2.05, 4.69) is 33.9 Å². The van der Waals surface area contributed by atoms with Crippen LogP contribution in [0.1, 0.15) is 123 Å². The molecule has 0 unspecified atom stereocenters. The van der Waals surface area contributed by atoms with E-state index in [-0.39, 0.29) is 39.6 Å². The first kappa shape index (κ1) is 32.1. The maximum atomic E-state index is 14.7. The Morgan fingerprint density at radius 2 is 1.56 bits per heavy atom. The highest BCUT2D eigenvalue weighted by atomic mass is 28.4. The minimum absolute atomic E-state index is 0.0521. The standard InChI is InChI=1S/C37H43F4NO2Si/c1-35(2,3)45(4,5)44-29-22-36(19-8-20-36)21-28-31(29)30(23-13-17-27(38)18-14-23)32(33(42-28)24-9-6-7-10-24)34(43)25-11-15-26(16-12-25)37(39,40)41/h11-18,24,29H,6-10,19-22H2,1-5H3/t29-/m0/s1. The highest BCUT2D eigenvalue weighted by Gasteiger charge is 2.49. The van der Waals surface area contributed by atoms with E-state index in [1.54, 1.807) is 12.1 Å². The smallest absolute Gasteiger partial charge is 0.410 e. The topological polar surface area (TPSA) is 39.2 Å². The highest BCUT2D eigenvalue weighted by molar-refractivity contribution is 6.74. The molecule has 1 atom stereocenters. The molecule has 2 aromatic carbocycles. The van der Waals surface area contributed by atoms with Gasteiger partial charge in [0, 0.05) is 28.3 Å². The van der Waals surface area contributed by atoms with E-state index in [0.717, 1.165) is 80.5 Å². The molecular formula is C37H43F4NO2Si. The van der Waals surface area contributed by atoms with Crippen LogP contribution in [0.15, 0.2) is 48.5 Å². The number of benzene rings is 2. The third-order valence-electron chi connectivity index (χ3n) is 11.1. The monoisotopic (exact) mass is 637 g/mol. The Kier molecular flexibility index (Phi) is 8.17. The van der Waals surface area contributed by atoms with Gasteiger partial charge in [-0.25, -0.2) is 4.39 Å². The summed E-state index contributed by atoms with van der Waals surface area (Å²) in [5.74, 6) is -0.659. The van der Waals surface area contributed by atoms with Crippen molar-refractivity contribution in [2.75, 3.05) is 0 Å². The Labute approximate surface area is 264 Å². The summed E-state index contributed by atoms with van der Waals surface area (Å²) in [6.07, 6.45) is 4.11. The Bertz CT molecular complexity index is 1580. The summed E-state index contributed by atoms with van der Waals surface area (Å²) in [5.41, 5.74) is 3.95. The first-order chi connectivity index (χ1) is 21.1. The number of carbonyl (C=O) groups excluding carboxylic acids is 1. The lowest BCUT2D eigenvalue weighted by atomic mass is 9.59. The molecule has 1 heterocycles. The van der Waals surface area contributed by atoms with Gasteiger partial charge in [0.15, 0.2) is 14.1 Å². The molecule has 3 nitrogen and oxygen atoms in total. The van der Waals surface area contributed by atoms with E-state index >= 15 is 0 Å². The molecule has 3 aromatic rings. The third kappa shape index (κ3) is 6.05. The van der Waals surface area contributed by atoms with Crippen LogP contribution in [0.3, 0.4) is 0 Å². The Balaban J connectivity index is 1.62. The molecule has 0 amide bonds. The minimum Gasteiger partial charge on any atom is -0.410 e. The SMILES string of the molecule is CC(C)(C)[Si](C)(C)O[C@H]1CC2(CCC2)Cc2nc(C3CCCC3)c(C(=O)c3ccc(C(F)(F)F)cc3)c(-c3ccc(F)cc3)c21. The van der Waals surface area contributed by atoms with Crippen molar-refractivity contribution in [3.05, 3.63) is 88.0 Å². The molecule has 3 aliphatic rings. The largest absolute Gasteiger partial charge is 0.416 e. The summed E-state index contributed by atoms with van der Waals surface area (Å²) in [6, 6.07) is 10.7. The molecule has 0 saturated heterocycles. The summed E-state index contributed by atoms with van der Waals surface area (Å²) in [7, 11) is -2.30. The second-order valence-electron chi connectivity index (χ2n) is 15.1. The van der Waals surface area contributed by atoms with Gasteiger partial charge in [-0.15, -0.1) is 0 Å². The predicted molar refractivity (Wildman–Crippen MR) is 171 cm³/mol. The Morgan fingerprint density at radius 1 is 0.933 bits per heavy atom. The number of pyridine rings is 1. The van der Waals surface area contributed by atoms with Gasteiger partial charge >= 0.3 is 6.18 Å². The van der Waals surface area contributed by atoms with E-state index < -0.39 is 20.1 Å². The van der Waals surface area contributed by atoms with Gasteiger partial charge in [0.25, 0.3) is 0 Å². The summed E-state index contributed by atoms with van der Waals surface area (Å²) in [6.45, 7) is 11.1. The lowest BCUT2D eigenvalue weighted by Gasteiger charge is -2.51. The second-order valence-corrected chi connectivity index (χ2v) is 19.9. The molecule has 3 aliphatic carbocycles. The minimum atomic E-state index is -4.50. The molecule has 0 N–H and O–H groups in total. The van der Waals surface area contributed by atoms with E-state index in [4.69, 9.17) is 9.41 Å². The maximum Gasteiger partial charge on any atom is 0.416 e. The van der Waals surface area contributed by atoms with Crippen LogP contribution in [0.25, 0.3) is 11.1 Å². The fourth-order valence-corrected chi connectivity index (χ4v) is 8.63. The number of aromatic nitrogens is 1. The molecule has 45 heavy (non-hydrogen) atoms. The van der Waals surface area contributed by atoms with Gasteiger partial charge in [-0.1, -0.05) is 64.3 Å². The van der Waals surface area contributed by atoms with Crippen molar-refractivity contribution in [2.24, 2.45) is 5.41 Å². The van der Waals surface area contributed by atoms with Gasteiger partial charge in [0.1, 0.15) is 5.82 Å². The van der Waals surface area contributed by atoms with Crippen molar-refractivity contribution in [1.29, 1.82) is 0 Å². The molecule has 8 heteroatoms. The van der Waals surface area contributed by atoms with Crippen LogP contribution in [0.5, 0.6) is 0 Å². The van der Waals surface area contributed by atoms with Crippen molar-refractivity contribution in [3.8, 4) is 11.1 Å². The molecule has 2 saturated carbocycles. The van der Waals surface area contributed by atoms with Crippen molar-refractivity contribution < 1.29 is 26.8 Å². The van der Waals surface area contributed by atoms with Crippen LogP contribution in [0.2, 0.25) is 18.1 Å². The van der Waals surface area contributed by atoms with E-state index in [9.17, 15) is 22.4 Å². The first-order valence-corrected chi connectivity index (χ1v) is 19.2. The number of hydrogen-bond donors (Lipinski definition) is 0.